The van der Waals surface area contributed by atoms with Gasteiger partial charge in [-0.05, 0) is 18.2 Å². The van der Waals surface area contributed by atoms with Crippen molar-refractivity contribution in [2.45, 2.75) is 13.0 Å². The van der Waals surface area contributed by atoms with Crippen LogP contribution in [-0.2, 0) is 13.0 Å². The molecule has 0 atom stereocenters. The standard InChI is InChI=1S/C13H13N3O/c1-2-7-14-10(3-1)9-17-13-5-4-11-12(16-13)6-8-15-11/h1-5,7,15H,6,8-9H2. The molecule has 4 nitrogen and oxygen atoms in total. The summed E-state index contributed by atoms with van der Waals surface area (Å²) in [5.74, 6) is 0.665. The Hall–Kier alpha value is -2.10. The van der Waals surface area contributed by atoms with E-state index in [1.54, 1.807) is 6.20 Å². The Kier molecular flexibility index (Phi) is 2.62. The first-order valence-corrected chi connectivity index (χ1v) is 5.68. The lowest BCUT2D eigenvalue weighted by Crippen LogP contribution is -2.00. The molecule has 86 valence electrons. The molecule has 0 radical (unpaired) electrons. The molecule has 0 fully saturated rings. The molecule has 0 aromatic carbocycles. The zero-order chi connectivity index (χ0) is 11.5. The molecule has 0 bridgehead atoms. The van der Waals surface area contributed by atoms with Gasteiger partial charge in [0, 0.05) is 25.2 Å². The van der Waals surface area contributed by atoms with Gasteiger partial charge in [-0.2, -0.15) is 0 Å². The van der Waals surface area contributed by atoms with Crippen molar-refractivity contribution >= 4 is 5.69 Å². The van der Waals surface area contributed by atoms with Gasteiger partial charge >= 0.3 is 0 Å². The molecule has 2 aromatic heterocycles. The fourth-order valence-electron chi connectivity index (χ4n) is 1.86. The average Bonchev–Trinajstić information content (AvgIpc) is 2.85. The molecule has 0 amide bonds. The molecular formula is C13H13N3O. The van der Waals surface area contributed by atoms with Crippen LogP contribution in [0.1, 0.15) is 11.4 Å². The van der Waals surface area contributed by atoms with E-state index in [4.69, 9.17) is 4.74 Å². The summed E-state index contributed by atoms with van der Waals surface area (Å²) in [6.45, 7) is 1.42. The number of hydrogen-bond acceptors (Lipinski definition) is 4. The van der Waals surface area contributed by atoms with Gasteiger partial charge in [0.05, 0.1) is 17.1 Å². The summed E-state index contributed by atoms with van der Waals surface area (Å²) in [4.78, 5) is 8.66. The van der Waals surface area contributed by atoms with E-state index in [1.807, 2.05) is 30.3 Å². The first kappa shape index (κ1) is 10.1. The molecule has 0 saturated carbocycles. The van der Waals surface area contributed by atoms with Crippen LogP contribution >= 0.6 is 0 Å². The minimum Gasteiger partial charge on any atom is -0.471 e. The number of rotatable bonds is 3. The Bertz CT molecular complexity index is 513. The van der Waals surface area contributed by atoms with Crippen molar-refractivity contribution in [1.29, 1.82) is 0 Å². The Morgan fingerprint density at radius 2 is 2.24 bits per heavy atom. The summed E-state index contributed by atoms with van der Waals surface area (Å²) in [5, 5.41) is 3.27. The van der Waals surface area contributed by atoms with Gasteiger partial charge in [-0.3, -0.25) is 4.98 Å². The fraction of sp³-hybridized carbons (Fsp3) is 0.231. The maximum absolute atomic E-state index is 5.62. The van der Waals surface area contributed by atoms with Crippen molar-refractivity contribution in [3.63, 3.8) is 0 Å². The zero-order valence-electron chi connectivity index (χ0n) is 9.39. The quantitative estimate of drug-likeness (QED) is 0.871. The van der Waals surface area contributed by atoms with Crippen molar-refractivity contribution < 1.29 is 4.74 Å². The molecule has 4 heteroatoms. The molecule has 17 heavy (non-hydrogen) atoms. The highest BCUT2D eigenvalue weighted by Crippen LogP contribution is 2.22. The summed E-state index contributed by atoms with van der Waals surface area (Å²) in [6.07, 6.45) is 2.73. The number of nitrogens with zero attached hydrogens (tertiary/aromatic N) is 2. The number of ether oxygens (including phenoxy) is 1. The number of pyridine rings is 2. The van der Waals surface area contributed by atoms with Gasteiger partial charge in [0.15, 0.2) is 0 Å². The van der Waals surface area contributed by atoms with E-state index in [9.17, 15) is 0 Å². The Balaban J connectivity index is 1.70. The van der Waals surface area contributed by atoms with E-state index in [0.717, 1.165) is 30.0 Å². The second-order valence-electron chi connectivity index (χ2n) is 3.93. The molecule has 2 aromatic rings. The summed E-state index contributed by atoms with van der Waals surface area (Å²) >= 11 is 0. The van der Waals surface area contributed by atoms with Crippen LogP contribution in [0.25, 0.3) is 0 Å². The van der Waals surface area contributed by atoms with E-state index in [1.165, 1.54) is 0 Å². The van der Waals surface area contributed by atoms with E-state index >= 15 is 0 Å². The van der Waals surface area contributed by atoms with Gasteiger partial charge in [0.2, 0.25) is 5.88 Å². The third kappa shape index (κ3) is 2.20. The van der Waals surface area contributed by atoms with Crippen molar-refractivity contribution in [3.05, 3.63) is 47.9 Å². The molecule has 0 saturated heterocycles. The fourth-order valence-corrected chi connectivity index (χ4v) is 1.86. The molecule has 3 heterocycles. The third-order valence-electron chi connectivity index (χ3n) is 2.72. The van der Waals surface area contributed by atoms with Crippen LogP contribution in [0.5, 0.6) is 5.88 Å². The van der Waals surface area contributed by atoms with Gasteiger partial charge in [0.1, 0.15) is 6.61 Å². The number of aromatic nitrogens is 2. The number of hydrogen-bond donors (Lipinski definition) is 1. The van der Waals surface area contributed by atoms with Gasteiger partial charge < -0.3 is 10.1 Å². The highest BCUT2D eigenvalue weighted by atomic mass is 16.5. The second-order valence-corrected chi connectivity index (χ2v) is 3.93. The average molecular weight is 227 g/mol. The van der Waals surface area contributed by atoms with Gasteiger partial charge in [0.25, 0.3) is 0 Å². The minimum absolute atomic E-state index is 0.458. The first-order chi connectivity index (χ1) is 8.42. The van der Waals surface area contributed by atoms with Gasteiger partial charge in [-0.25, -0.2) is 4.98 Å². The summed E-state index contributed by atoms with van der Waals surface area (Å²) in [5.41, 5.74) is 3.12. The van der Waals surface area contributed by atoms with E-state index < -0.39 is 0 Å². The van der Waals surface area contributed by atoms with Crippen molar-refractivity contribution in [1.82, 2.24) is 9.97 Å². The number of nitrogens with one attached hydrogen (secondary N) is 1. The van der Waals surface area contributed by atoms with Crippen LogP contribution in [0.2, 0.25) is 0 Å². The summed E-state index contributed by atoms with van der Waals surface area (Å²) in [6, 6.07) is 9.69. The number of fused-ring (bicyclic) bond motifs is 1. The Morgan fingerprint density at radius 1 is 1.24 bits per heavy atom. The van der Waals surface area contributed by atoms with Crippen molar-refractivity contribution in [2.24, 2.45) is 0 Å². The molecule has 1 aliphatic heterocycles. The van der Waals surface area contributed by atoms with E-state index in [-0.39, 0.29) is 0 Å². The largest absolute Gasteiger partial charge is 0.471 e. The van der Waals surface area contributed by atoms with Gasteiger partial charge in [-0.15, -0.1) is 0 Å². The van der Waals surface area contributed by atoms with Crippen molar-refractivity contribution in [3.8, 4) is 5.88 Å². The molecule has 0 spiro atoms. The second kappa shape index (κ2) is 4.41. The lowest BCUT2D eigenvalue weighted by Gasteiger charge is -2.06. The summed E-state index contributed by atoms with van der Waals surface area (Å²) < 4.78 is 5.62. The topological polar surface area (TPSA) is 47.0 Å². The molecule has 3 rings (SSSR count). The predicted octanol–water partition coefficient (Wildman–Crippen LogP) is 2.02. The maximum Gasteiger partial charge on any atom is 0.213 e. The van der Waals surface area contributed by atoms with Crippen LogP contribution in [0.3, 0.4) is 0 Å². The van der Waals surface area contributed by atoms with Crippen LogP contribution in [-0.4, -0.2) is 16.5 Å². The van der Waals surface area contributed by atoms with Crippen LogP contribution in [0.4, 0.5) is 5.69 Å². The molecule has 1 aliphatic rings. The van der Waals surface area contributed by atoms with Crippen molar-refractivity contribution in [2.75, 3.05) is 11.9 Å². The highest BCUT2D eigenvalue weighted by Gasteiger charge is 2.11. The number of anilines is 1. The molecule has 0 aliphatic carbocycles. The van der Waals surface area contributed by atoms with Crippen LogP contribution < -0.4 is 10.1 Å². The van der Waals surface area contributed by atoms with Crippen LogP contribution in [0.15, 0.2) is 36.5 Å². The normalized spacial score (nSPS) is 12.9. The molecular weight excluding hydrogens is 214 g/mol. The monoisotopic (exact) mass is 227 g/mol. The Labute approximate surface area is 99.7 Å². The molecule has 1 N–H and O–H groups in total. The van der Waals surface area contributed by atoms with Gasteiger partial charge in [-0.1, -0.05) is 6.07 Å². The molecule has 0 unspecified atom stereocenters. The predicted molar refractivity (Wildman–Crippen MR) is 65.0 cm³/mol. The SMILES string of the molecule is c1ccc(COc2ccc3c(n2)CCN3)nc1. The lowest BCUT2D eigenvalue weighted by atomic mass is 10.3. The van der Waals surface area contributed by atoms with E-state index in [0.29, 0.717) is 12.5 Å². The highest BCUT2D eigenvalue weighted by molar-refractivity contribution is 5.53. The minimum atomic E-state index is 0.458. The van der Waals surface area contributed by atoms with E-state index in [2.05, 4.69) is 15.3 Å². The van der Waals surface area contributed by atoms with Crippen LogP contribution in [0, 0.1) is 0 Å². The summed E-state index contributed by atoms with van der Waals surface area (Å²) in [7, 11) is 0. The third-order valence-corrected chi connectivity index (χ3v) is 2.72. The first-order valence-electron chi connectivity index (χ1n) is 5.68. The Morgan fingerprint density at radius 3 is 3.12 bits per heavy atom. The smallest absolute Gasteiger partial charge is 0.213 e. The maximum atomic E-state index is 5.62. The lowest BCUT2D eigenvalue weighted by molar-refractivity contribution is 0.289. The zero-order valence-corrected chi connectivity index (χ0v) is 9.39.